The molecule has 0 N–H and O–H groups in total. The maximum Gasteiger partial charge on any atom is 0.209 e. The molecule has 0 aliphatic carbocycles. The number of nitrogens with zero attached hydrogens (tertiary/aromatic N) is 3. The predicted octanol–water partition coefficient (Wildman–Crippen LogP) is 10.8. The van der Waals surface area contributed by atoms with Crippen molar-refractivity contribution in [3.05, 3.63) is 154 Å². The molecule has 0 unspecified atom stereocenters. The highest BCUT2D eigenvalue weighted by Gasteiger charge is 2.35. The van der Waals surface area contributed by atoms with E-state index in [1.807, 2.05) is 27.7 Å². The zero-order chi connectivity index (χ0) is 33.8. The number of anilines is 2. The van der Waals surface area contributed by atoms with Crippen molar-refractivity contribution >= 4 is 34.2 Å². The highest BCUT2D eigenvalue weighted by atomic mass is 15.1. The first kappa shape index (κ1) is 33.2. The maximum atomic E-state index is 2.58. The van der Waals surface area contributed by atoms with Crippen molar-refractivity contribution in [1.82, 2.24) is 0 Å². The molecule has 5 aromatic carbocycles. The molecule has 0 saturated heterocycles. The molecule has 3 nitrogen and oxygen atoms in total. The monoisotopic (exact) mass is 633 g/mol. The Morgan fingerprint density at radius 3 is 1.67 bits per heavy atom. The van der Waals surface area contributed by atoms with Crippen LogP contribution in [0.3, 0.4) is 0 Å². The highest BCUT2D eigenvalue weighted by Crippen LogP contribution is 2.40. The minimum atomic E-state index is 0.863. The van der Waals surface area contributed by atoms with E-state index in [0.29, 0.717) is 0 Å². The Kier molecular flexibility index (Phi) is 10.1. The lowest BCUT2D eigenvalue weighted by molar-refractivity contribution is -0.456. The number of rotatable bonds is 6. The molecule has 0 bridgehead atoms. The van der Waals surface area contributed by atoms with E-state index in [4.69, 9.17) is 0 Å². The molecule has 0 saturated carbocycles. The Labute approximate surface area is 288 Å². The summed E-state index contributed by atoms with van der Waals surface area (Å²) in [6.45, 7) is 14.1. The van der Waals surface area contributed by atoms with Gasteiger partial charge in [-0.05, 0) is 42.7 Å². The molecular weight excluding hydrogens is 583 g/mol. The summed E-state index contributed by atoms with van der Waals surface area (Å²) in [4.78, 5) is 2.51. The summed E-state index contributed by atoms with van der Waals surface area (Å²) in [5, 5.41) is 0. The van der Waals surface area contributed by atoms with E-state index in [9.17, 15) is 0 Å². The van der Waals surface area contributed by atoms with Gasteiger partial charge in [0.15, 0.2) is 18.0 Å². The predicted molar refractivity (Wildman–Crippen MR) is 205 cm³/mol. The summed E-state index contributed by atoms with van der Waals surface area (Å²) in [5.41, 5.74) is 19.4. The van der Waals surface area contributed by atoms with Gasteiger partial charge in [0.25, 0.3) is 0 Å². The SMILES string of the molecule is CC.CC.Cc1ccc2c(c1)Cc1cc(C)ccc1N2Cc1ccc(C[N+]2=C(CC3=[N+](C)c4ccccc4C3)Cc3ccccc32)cc1. The fourth-order valence-corrected chi connectivity index (χ4v) is 7.54. The molecule has 0 radical (unpaired) electrons. The van der Waals surface area contributed by atoms with E-state index >= 15 is 0 Å². The summed E-state index contributed by atoms with van der Waals surface area (Å²) >= 11 is 0. The first-order chi connectivity index (χ1) is 23.5. The first-order valence-corrected chi connectivity index (χ1v) is 17.9. The lowest BCUT2D eigenvalue weighted by atomic mass is 9.93. The molecule has 48 heavy (non-hydrogen) atoms. The van der Waals surface area contributed by atoms with Gasteiger partial charge in [-0.2, -0.15) is 4.58 Å². The van der Waals surface area contributed by atoms with Crippen LogP contribution in [0.15, 0.2) is 109 Å². The van der Waals surface area contributed by atoms with Crippen molar-refractivity contribution in [3.8, 4) is 0 Å². The van der Waals surface area contributed by atoms with Crippen LogP contribution in [-0.4, -0.2) is 27.6 Å². The van der Waals surface area contributed by atoms with Crippen LogP contribution in [-0.2, 0) is 32.4 Å². The fourth-order valence-electron chi connectivity index (χ4n) is 7.54. The summed E-state index contributed by atoms with van der Waals surface area (Å²) in [6, 6.07) is 41.0. The maximum absolute atomic E-state index is 2.58. The third-order valence-corrected chi connectivity index (χ3v) is 9.83. The Bertz CT molecular complexity index is 1940. The van der Waals surface area contributed by atoms with Crippen LogP contribution in [0, 0.1) is 13.8 Å². The molecule has 0 aromatic heterocycles. The Morgan fingerprint density at radius 1 is 0.542 bits per heavy atom. The summed E-state index contributed by atoms with van der Waals surface area (Å²) in [7, 11) is 2.23. The van der Waals surface area contributed by atoms with Gasteiger partial charge in [-0.1, -0.05) is 124 Å². The molecule has 0 atom stereocenters. The molecule has 3 heterocycles. The van der Waals surface area contributed by atoms with Crippen LogP contribution in [0.1, 0.15) is 78.6 Å². The molecular formula is C45H51N3+2. The second-order valence-electron chi connectivity index (χ2n) is 12.9. The molecule has 244 valence electrons. The van der Waals surface area contributed by atoms with Gasteiger partial charge in [0.2, 0.25) is 11.4 Å². The van der Waals surface area contributed by atoms with Crippen LogP contribution >= 0.6 is 0 Å². The number of benzene rings is 5. The molecule has 3 heteroatoms. The van der Waals surface area contributed by atoms with Crippen LogP contribution < -0.4 is 4.90 Å². The average molecular weight is 634 g/mol. The number of hydrogen-bond donors (Lipinski definition) is 0. The second kappa shape index (κ2) is 14.6. The van der Waals surface area contributed by atoms with E-state index in [-0.39, 0.29) is 0 Å². The van der Waals surface area contributed by atoms with E-state index in [2.05, 4.69) is 144 Å². The minimum Gasteiger partial charge on any atom is -0.337 e. The smallest absolute Gasteiger partial charge is 0.209 e. The van der Waals surface area contributed by atoms with Gasteiger partial charge in [-0.15, -0.1) is 0 Å². The largest absolute Gasteiger partial charge is 0.337 e. The van der Waals surface area contributed by atoms with Crippen molar-refractivity contribution in [2.24, 2.45) is 0 Å². The van der Waals surface area contributed by atoms with Crippen molar-refractivity contribution in [2.45, 2.75) is 80.3 Å². The normalized spacial score (nSPS) is 13.9. The topological polar surface area (TPSA) is 9.26 Å². The zero-order valence-electron chi connectivity index (χ0n) is 30.0. The minimum absolute atomic E-state index is 0.863. The van der Waals surface area contributed by atoms with Crippen molar-refractivity contribution in [3.63, 3.8) is 0 Å². The van der Waals surface area contributed by atoms with Gasteiger partial charge in [0.05, 0.1) is 12.8 Å². The lowest BCUT2D eigenvalue weighted by Gasteiger charge is -2.34. The average Bonchev–Trinajstić information content (AvgIpc) is 3.62. The molecule has 8 rings (SSSR count). The first-order valence-electron chi connectivity index (χ1n) is 17.9. The molecule has 3 aliphatic heterocycles. The van der Waals surface area contributed by atoms with Gasteiger partial charge in [0, 0.05) is 53.2 Å². The number of aryl methyl sites for hydroxylation is 2. The van der Waals surface area contributed by atoms with Crippen molar-refractivity contribution in [1.29, 1.82) is 0 Å². The van der Waals surface area contributed by atoms with Gasteiger partial charge in [0.1, 0.15) is 13.5 Å². The summed E-state index contributed by atoms with van der Waals surface area (Å²) < 4.78 is 4.99. The standard InChI is InChI=1S/C41H39N3.2C2H6/c1-28-12-18-40-34(20-28)22-35-21-29(2)13-19-41(35)44(40)27-31-16-14-30(15-17-31)26-43-37(24-33-9-5-7-11-39(33)43)25-36-23-32-8-4-6-10-38(32)42(36)3;2*1-2/h4-21H,22-27H2,1-3H3;2*1-2H3/q+2;;. The van der Waals surface area contributed by atoms with E-state index in [0.717, 1.165) is 38.8 Å². The molecule has 0 amide bonds. The van der Waals surface area contributed by atoms with E-state index in [1.165, 1.54) is 78.7 Å². The summed E-state index contributed by atoms with van der Waals surface area (Å²) in [5.74, 6) is 0. The Hall–Kier alpha value is -4.76. The zero-order valence-corrected chi connectivity index (χ0v) is 30.0. The van der Waals surface area contributed by atoms with Gasteiger partial charge in [-0.3, -0.25) is 0 Å². The number of para-hydroxylation sites is 2. The van der Waals surface area contributed by atoms with Crippen molar-refractivity contribution < 1.29 is 9.15 Å². The van der Waals surface area contributed by atoms with Gasteiger partial charge in [-0.25, -0.2) is 4.58 Å². The molecule has 0 fully saturated rings. The van der Waals surface area contributed by atoms with Crippen LogP contribution in [0.2, 0.25) is 0 Å². The van der Waals surface area contributed by atoms with Crippen LogP contribution in [0.25, 0.3) is 0 Å². The van der Waals surface area contributed by atoms with Crippen LogP contribution in [0.4, 0.5) is 22.7 Å². The van der Waals surface area contributed by atoms with Crippen LogP contribution in [0.5, 0.6) is 0 Å². The molecule has 5 aromatic rings. The third-order valence-electron chi connectivity index (χ3n) is 9.83. The van der Waals surface area contributed by atoms with Crippen molar-refractivity contribution in [2.75, 3.05) is 11.9 Å². The van der Waals surface area contributed by atoms with Gasteiger partial charge < -0.3 is 4.90 Å². The van der Waals surface area contributed by atoms with E-state index in [1.54, 1.807) is 0 Å². The lowest BCUT2D eigenvalue weighted by Crippen LogP contribution is -2.23. The quantitative estimate of drug-likeness (QED) is 0.169. The third kappa shape index (κ3) is 6.52. The highest BCUT2D eigenvalue weighted by molar-refractivity contribution is 6.05. The Balaban J connectivity index is 0.000000969. The Morgan fingerprint density at radius 2 is 1.06 bits per heavy atom. The van der Waals surface area contributed by atoms with Gasteiger partial charge >= 0.3 is 0 Å². The molecule has 0 spiro atoms. The molecule has 3 aliphatic rings. The van der Waals surface area contributed by atoms with E-state index < -0.39 is 0 Å². The fraction of sp³-hybridized carbons (Fsp3) is 0.289. The second-order valence-corrected chi connectivity index (χ2v) is 12.9. The number of fused-ring (bicyclic) bond motifs is 4. The number of hydrogen-bond acceptors (Lipinski definition) is 1. The summed E-state index contributed by atoms with van der Waals surface area (Å²) in [6.07, 6.45) is 4.07.